The van der Waals surface area contributed by atoms with Crippen LogP contribution >= 0.6 is 67.3 Å². The van der Waals surface area contributed by atoms with E-state index in [0.29, 0.717) is 12.8 Å². The molecule has 0 amide bonds. The van der Waals surface area contributed by atoms with Crippen LogP contribution in [0.5, 0.6) is 0 Å². The molecule has 110 valence electrons. The Morgan fingerprint density at radius 1 is 1.00 bits per heavy atom. The minimum Gasteiger partial charge on any atom is -0.224 e. The average Bonchev–Trinajstić information content (AvgIpc) is 2.25. The molecule has 0 aromatic heterocycles. The van der Waals surface area contributed by atoms with Crippen molar-refractivity contribution >= 4 is 67.3 Å². The van der Waals surface area contributed by atoms with Gasteiger partial charge >= 0.3 is 5.32 Å². The molecule has 0 aliphatic heterocycles. The van der Waals surface area contributed by atoms with Crippen molar-refractivity contribution in [1.82, 2.24) is 0 Å². The molecule has 0 aromatic carbocycles. The van der Waals surface area contributed by atoms with E-state index in [1.54, 1.807) is 0 Å². The van der Waals surface area contributed by atoms with E-state index in [9.17, 15) is 0 Å². The predicted octanol–water partition coefficient (Wildman–Crippen LogP) is 8.68. The molecular weight excluding hydrogens is 373 g/mol. The zero-order valence-electron chi connectivity index (χ0n) is 11.1. The maximum absolute atomic E-state index is 6.50. The van der Waals surface area contributed by atoms with Crippen LogP contribution in [0.3, 0.4) is 0 Å². The third kappa shape index (κ3) is 4.84. The molecule has 0 N–H and O–H groups in total. The number of rotatable bonds is 7. The quantitative estimate of drug-likeness (QED) is 0.383. The van der Waals surface area contributed by atoms with Crippen LogP contribution in [0.1, 0.15) is 53.4 Å². The van der Waals surface area contributed by atoms with Crippen LogP contribution in [0, 0.1) is 0 Å². The van der Waals surface area contributed by atoms with Crippen LogP contribution in [-0.4, -0.2) is 10.9 Å². The lowest BCUT2D eigenvalue weighted by Gasteiger charge is -2.30. The lowest BCUT2D eigenvalue weighted by molar-refractivity contribution is 0.573. The molecule has 0 unspecified atom stereocenters. The molecule has 0 aliphatic carbocycles. The van der Waals surface area contributed by atoms with Gasteiger partial charge in [0.2, 0.25) is 5.28 Å². The summed E-state index contributed by atoms with van der Waals surface area (Å²) in [7, 11) is 0. The van der Waals surface area contributed by atoms with Gasteiger partial charge in [-0.1, -0.05) is 50.2 Å². The molecule has 0 heterocycles. The summed E-state index contributed by atoms with van der Waals surface area (Å²) in [5.41, 5.74) is 0.176. The fourth-order valence-electron chi connectivity index (χ4n) is 1.86. The van der Waals surface area contributed by atoms with Crippen molar-refractivity contribution < 1.29 is 0 Å². The molecule has 8 heteroatoms. The Morgan fingerprint density at radius 3 is 1.61 bits per heavy atom. The molecule has 0 saturated carbocycles. The fourth-order valence-corrected chi connectivity index (χ4v) is 11.1. The first kappa shape index (κ1) is 20.1. The summed E-state index contributed by atoms with van der Waals surface area (Å²) in [6.07, 6.45) is 3.08. The molecule has 0 radical (unpaired) electrons. The highest BCUT2D eigenvalue weighted by atomic mass is 36.1. The maximum Gasteiger partial charge on any atom is 0.334 e. The van der Waals surface area contributed by atoms with Crippen molar-refractivity contribution in [3.05, 3.63) is 0 Å². The van der Waals surface area contributed by atoms with Gasteiger partial charge in [-0.25, -0.2) is 4.74 Å². The summed E-state index contributed by atoms with van der Waals surface area (Å²) in [6, 6.07) is 0. The zero-order chi connectivity index (χ0) is 14.6. The van der Waals surface area contributed by atoms with Crippen molar-refractivity contribution in [1.29, 1.82) is 0 Å². The van der Waals surface area contributed by atoms with Crippen LogP contribution in [0.15, 0.2) is 4.74 Å². The van der Waals surface area contributed by atoms with E-state index >= 15 is 0 Å². The maximum atomic E-state index is 6.50. The summed E-state index contributed by atoms with van der Waals surface area (Å²) in [5.74, 6) is -2.46. The molecular formula is C10H21Cl5NP2+. The van der Waals surface area contributed by atoms with Gasteiger partial charge in [0.05, 0.1) is 0 Å². The number of nitrogens with zero attached hydrogens (tertiary/aromatic N) is 1. The standard InChI is InChI=1S/C10H21Cl5NP2/c1-5-9(6-2)17(11,12)16-10(7-3,8-4)18(13,14)15/h9H,5-8H2,1-4H3/q+1. The summed E-state index contributed by atoms with van der Waals surface area (Å²) >= 11 is 31.6. The monoisotopic (exact) mass is 392 g/mol. The second-order valence-electron chi connectivity index (χ2n) is 4.23. The SMILES string of the molecule is CCC(CC)P(Cl)(Cl)=NC(CC)(CC)[P+](Cl)(Cl)Cl. The summed E-state index contributed by atoms with van der Waals surface area (Å²) in [5, 5.41) is -3.40. The van der Waals surface area contributed by atoms with E-state index in [1.165, 1.54) is 0 Å². The average molecular weight is 394 g/mol. The Labute approximate surface area is 136 Å². The second kappa shape index (κ2) is 7.93. The first-order valence-electron chi connectivity index (χ1n) is 6.10. The van der Waals surface area contributed by atoms with Crippen molar-refractivity contribution in [2.75, 3.05) is 0 Å². The number of hydrogen-bond acceptors (Lipinski definition) is 1. The van der Waals surface area contributed by atoms with E-state index in [1.807, 2.05) is 13.8 Å². The molecule has 0 rings (SSSR count). The molecule has 0 saturated heterocycles. The van der Waals surface area contributed by atoms with E-state index < -0.39 is 16.4 Å². The first-order chi connectivity index (χ1) is 8.10. The molecule has 0 aromatic rings. The summed E-state index contributed by atoms with van der Waals surface area (Å²) < 4.78 is 4.69. The van der Waals surface area contributed by atoms with Gasteiger partial charge in [-0.15, -0.1) is 0 Å². The molecule has 1 nitrogen and oxygen atoms in total. The minimum atomic E-state index is -2.71. The molecule has 0 atom stereocenters. The largest absolute Gasteiger partial charge is 0.334 e. The topological polar surface area (TPSA) is 12.4 Å². The highest BCUT2D eigenvalue weighted by Crippen LogP contribution is 2.86. The van der Waals surface area contributed by atoms with Crippen LogP contribution in [-0.2, 0) is 0 Å². The van der Waals surface area contributed by atoms with Crippen LogP contribution in [0.4, 0.5) is 0 Å². The van der Waals surface area contributed by atoms with E-state index in [0.717, 1.165) is 12.8 Å². The third-order valence-corrected chi connectivity index (χ3v) is 12.3. The van der Waals surface area contributed by atoms with Gasteiger partial charge in [0.1, 0.15) is 39.5 Å². The molecule has 0 spiro atoms. The Balaban J connectivity index is 5.69. The van der Waals surface area contributed by atoms with Gasteiger partial charge in [0, 0.05) is 18.5 Å². The third-order valence-electron chi connectivity index (χ3n) is 3.31. The molecule has 18 heavy (non-hydrogen) atoms. The highest BCUT2D eigenvalue weighted by molar-refractivity contribution is 8.33. The van der Waals surface area contributed by atoms with Gasteiger partial charge in [-0.2, -0.15) is 0 Å². The van der Waals surface area contributed by atoms with Crippen molar-refractivity contribution in [2.45, 2.75) is 64.3 Å². The number of halogens is 5. The normalized spacial score (nSPS) is 14.1. The summed E-state index contributed by atoms with van der Waals surface area (Å²) in [6.45, 7) is 8.06. The molecule has 0 aliphatic rings. The van der Waals surface area contributed by atoms with E-state index in [-0.39, 0.29) is 5.66 Å². The van der Waals surface area contributed by atoms with Gasteiger partial charge in [0.15, 0.2) is 0 Å². The fraction of sp³-hybridized carbons (Fsp3) is 1.00. The molecule has 0 fully saturated rings. The first-order valence-corrected chi connectivity index (χ1v) is 14.2. The Kier molecular flexibility index (Phi) is 8.86. The Hall–Kier alpha value is 2.11. The predicted molar refractivity (Wildman–Crippen MR) is 93.2 cm³/mol. The van der Waals surface area contributed by atoms with E-state index in [2.05, 4.69) is 18.6 Å². The summed E-state index contributed by atoms with van der Waals surface area (Å²) in [4.78, 5) is 0. The van der Waals surface area contributed by atoms with Gasteiger partial charge < -0.3 is 0 Å². The van der Waals surface area contributed by atoms with Crippen LogP contribution < -0.4 is 0 Å². The number of hydrogen-bond donors (Lipinski definition) is 0. The van der Waals surface area contributed by atoms with Crippen LogP contribution in [0.25, 0.3) is 0 Å². The van der Waals surface area contributed by atoms with Crippen molar-refractivity contribution in [3.8, 4) is 0 Å². The molecule has 0 bridgehead atoms. The zero-order valence-corrected chi connectivity index (χ0v) is 16.7. The van der Waals surface area contributed by atoms with Crippen molar-refractivity contribution in [3.63, 3.8) is 0 Å². The lowest BCUT2D eigenvalue weighted by Crippen LogP contribution is -2.22. The smallest absolute Gasteiger partial charge is 0.224 e. The minimum absolute atomic E-state index is 0.176. The van der Waals surface area contributed by atoms with Gasteiger partial charge in [0.25, 0.3) is 0 Å². The van der Waals surface area contributed by atoms with Crippen LogP contribution in [0.2, 0.25) is 0 Å². The Bertz CT molecular complexity index is 302. The highest BCUT2D eigenvalue weighted by Gasteiger charge is 2.57. The van der Waals surface area contributed by atoms with Crippen molar-refractivity contribution in [2.24, 2.45) is 4.74 Å². The Morgan fingerprint density at radius 2 is 1.39 bits per heavy atom. The van der Waals surface area contributed by atoms with E-state index in [4.69, 9.17) is 56.2 Å². The van der Waals surface area contributed by atoms with Gasteiger partial charge in [-0.05, 0) is 12.8 Å². The van der Waals surface area contributed by atoms with Gasteiger partial charge in [-0.3, -0.25) is 0 Å². The second-order valence-corrected chi connectivity index (χ2v) is 17.7. The lowest BCUT2D eigenvalue weighted by atomic mass is 10.2.